The first-order chi connectivity index (χ1) is 8.54. The van der Waals surface area contributed by atoms with E-state index in [1.807, 2.05) is 32.0 Å². The van der Waals surface area contributed by atoms with Gasteiger partial charge in [0, 0.05) is 18.8 Å². The van der Waals surface area contributed by atoms with Crippen molar-refractivity contribution in [3.05, 3.63) is 29.3 Å². The highest BCUT2D eigenvalue weighted by Crippen LogP contribution is 2.14. The van der Waals surface area contributed by atoms with Crippen LogP contribution in [0.2, 0.25) is 0 Å². The van der Waals surface area contributed by atoms with Gasteiger partial charge in [0.1, 0.15) is 6.04 Å². The number of benzene rings is 1. The summed E-state index contributed by atoms with van der Waals surface area (Å²) in [5.74, 6) is -0.192. The van der Waals surface area contributed by atoms with Crippen LogP contribution in [0, 0.1) is 13.8 Å². The van der Waals surface area contributed by atoms with Gasteiger partial charge in [-0.3, -0.25) is 4.79 Å². The third-order valence-corrected chi connectivity index (χ3v) is 2.93. The molecule has 0 aromatic heterocycles. The Morgan fingerprint density at radius 1 is 1.39 bits per heavy atom. The van der Waals surface area contributed by atoms with Gasteiger partial charge in [-0.1, -0.05) is 6.07 Å². The number of hydrogen-bond donors (Lipinski definition) is 2. The Morgan fingerprint density at radius 3 is 2.67 bits per heavy atom. The minimum absolute atomic E-state index is 0.0939. The lowest BCUT2D eigenvalue weighted by molar-refractivity contribution is -0.121. The fraction of sp³-hybridized carbons (Fsp3) is 0.462. The topological polar surface area (TPSA) is 44.4 Å². The predicted octanol–water partition coefficient (Wildman–Crippen LogP) is 1.40. The molecule has 5 heteroatoms. The standard InChI is InChI=1S/C13H18FN3O/c1-9-5-10(2)7-11(6-9)16-13(18)12-8-17(14)4-3-15-12/h5-7,12,15H,3-4,8H2,1-2H3,(H,16,18). The summed E-state index contributed by atoms with van der Waals surface area (Å²) in [4.78, 5) is 12.0. The number of amides is 1. The molecule has 1 aromatic rings. The van der Waals surface area contributed by atoms with Crippen LogP contribution in [-0.4, -0.2) is 36.7 Å². The Bertz CT molecular complexity index is 430. The SMILES string of the molecule is Cc1cc(C)cc(NC(=O)C2CN(F)CCN2)c1. The number of carbonyl (C=O) groups is 1. The van der Waals surface area contributed by atoms with E-state index in [1.54, 1.807) is 0 Å². The number of hydrogen-bond acceptors (Lipinski definition) is 3. The van der Waals surface area contributed by atoms with E-state index in [0.717, 1.165) is 16.8 Å². The van der Waals surface area contributed by atoms with Crippen LogP contribution in [0.3, 0.4) is 0 Å². The summed E-state index contributed by atoms with van der Waals surface area (Å²) in [5.41, 5.74) is 2.94. The van der Waals surface area contributed by atoms with E-state index in [1.165, 1.54) is 0 Å². The number of rotatable bonds is 2. The van der Waals surface area contributed by atoms with Gasteiger partial charge in [0.2, 0.25) is 5.91 Å². The van der Waals surface area contributed by atoms with Crippen molar-refractivity contribution >= 4 is 11.6 Å². The highest BCUT2D eigenvalue weighted by molar-refractivity contribution is 5.95. The van der Waals surface area contributed by atoms with Crippen molar-refractivity contribution in [2.24, 2.45) is 0 Å². The summed E-state index contributed by atoms with van der Waals surface area (Å²) in [7, 11) is 0. The summed E-state index contributed by atoms with van der Waals surface area (Å²) >= 11 is 0. The quantitative estimate of drug-likeness (QED) is 0.781. The molecule has 0 aliphatic carbocycles. The number of halogens is 1. The zero-order valence-electron chi connectivity index (χ0n) is 10.7. The summed E-state index contributed by atoms with van der Waals surface area (Å²) in [6.45, 7) is 4.86. The lowest BCUT2D eigenvalue weighted by atomic mass is 10.1. The molecule has 1 heterocycles. The van der Waals surface area contributed by atoms with Gasteiger partial charge in [0.15, 0.2) is 0 Å². The van der Waals surface area contributed by atoms with Crippen LogP contribution in [0.15, 0.2) is 18.2 Å². The molecule has 2 rings (SSSR count). The molecule has 1 aromatic carbocycles. The molecule has 1 unspecified atom stereocenters. The first-order valence-corrected chi connectivity index (χ1v) is 6.08. The maximum atomic E-state index is 13.1. The monoisotopic (exact) mass is 251 g/mol. The minimum Gasteiger partial charge on any atom is -0.325 e. The molecule has 1 saturated heterocycles. The Hall–Kier alpha value is -1.46. The van der Waals surface area contributed by atoms with Gasteiger partial charge in [-0.15, -0.1) is 9.60 Å². The number of nitrogens with one attached hydrogen (secondary N) is 2. The van der Waals surface area contributed by atoms with Crippen LogP contribution >= 0.6 is 0 Å². The molecule has 0 saturated carbocycles. The van der Waals surface area contributed by atoms with E-state index >= 15 is 0 Å². The average molecular weight is 251 g/mol. The molecule has 1 fully saturated rings. The smallest absolute Gasteiger partial charge is 0.242 e. The van der Waals surface area contributed by atoms with E-state index in [2.05, 4.69) is 10.6 Å². The maximum Gasteiger partial charge on any atom is 0.242 e. The highest BCUT2D eigenvalue weighted by atomic mass is 19.2. The van der Waals surface area contributed by atoms with Crippen LogP contribution in [0.1, 0.15) is 11.1 Å². The second-order valence-electron chi connectivity index (χ2n) is 4.74. The lowest BCUT2D eigenvalue weighted by Gasteiger charge is -2.26. The van der Waals surface area contributed by atoms with Crippen LogP contribution in [0.5, 0.6) is 0 Å². The van der Waals surface area contributed by atoms with Gasteiger partial charge in [-0.2, -0.15) is 0 Å². The Kier molecular flexibility index (Phi) is 3.93. The van der Waals surface area contributed by atoms with E-state index in [9.17, 15) is 9.28 Å². The van der Waals surface area contributed by atoms with Crippen molar-refractivity contribution < 1.29 is 9.28 Å². The Balaban J connectivity index is 2.02. The molecular formula is C13H18FN3O. The van der Waals surface area contributed by atoms with E-state index < -0.39 is 6.04 Å². The molecule has 98 valence electrons. The largest absolute Gasteiger partial charge is 0.325 e. The van der Waals surface area contributed by atoms with Gasteiger partial charge in [0.25, 0.3) is 0 Å². The fourth-order valence-electron chi connectivity index (χ4n) is 2.17. The predicted molar refractivity (Wildman–Crippen MR) is 69.0 cm³/mol. The minimum atomic E-state index is -0.496. The third-order valence-electron chi connectivity index (χ3n) is 2.93. The average Bonchev–Trinajstić information content (AvgIpc) is 2.27. The molecule has 2 N–H and O–H groups in total. The van der Waals surface area contributed by atoms with Gasteiger partial charge in [-0.25, -0.2) is 0 Å². The van der Waals surface area contributed by atoms with Gasteiger partial charge in [-0.05, 0) is 37.1 Å². The maximum absolute atomic E-state index is 13.1. The number of carbonyl (C=O) groups excluding carboxylic acids is 1. The van der Waals surface area contributed by atoms with Gasteiger partial charge in [0.05, 0.1) is 6.54 Å². The second-order valence-corrected chi connectivity index (χ2v) is 4.74. The van der Waals surface area contributed by atoms with Gasteiger partial charge < -0.3 is 10.6 Å². The van der Waals surface area contributed by atoms with Crippen LogP contribution < -0.4 is 10.6 Å². The molecule has 0 bridgehead atoms. The fourth-order valence-corrected chi connectivity index (χ4v) is 2.17. The number of piperazine rings is 1. The molecule has 0 radical (unpaired) electrons. The van der Waals surface area contributed by atoms with Crippen molar-refractivity contribution in [3.63, 3.8) is 0 Å². The molecule has 1 atom stereocenters. The third kappa shape index (κ3) is 3.27. The van der Waals surface area contributed by atoms with Crippen molar-refractivity contribution in [1.29, 1.82) is 0 Å². The molecule has 1 aliphatic rings. The molecule has 1 amide bonds. The number of anilines is 1. The van der Waals surface area contributed by atoms with Crippen LogP contribution in [-0.2, 0) is 4.79 Å². The molecule has 1 aliphatic heterocycles. The highest BCUT2D eigenvalue weighted by Gasteiger charge is 2.25. The van der Waals surface area contributed by atoms with Crippen LogP contribution in [0.4, 0.5) is 10.2 Å². The normalized spacial score (nSPS) is 20.7. The number of aryl methyl sites for hydroxylation is 2. The van der Waals surface area contributed by atoms with E-state index in [0.29, 0.717) is 18.2 Å². The van der Waals surface area contributed by atoms with Crippen LogP contribution in [0.25, 0.3) is 0 Å². The van der Waals surface area contributed by atoms with E-state index in [-0.39, 0.29) is 12.5 Å². The zero-order valence-corrected chi connectivity index (χ0v) is 10.7. The van der Waals surface area contributed by atoms with E-state index in [4.69, 9.17) is 0 Å². The molecule has 18 heavy (non-hydrogen) atoms. The van der Waals surface area contributed by atoms with Gasteiger partial charge >= 0.3 is 0 Å². The second kappa shape index (κ2) is 5.46. The Morgan fingerprint density at radius 2 is 2.06 bits per heavy atom. The lowest BCUT2D eigenvalue weighted by Crippen LogP contribution is -2.53. The van der Waals surface area contributed by atoms with Crippen molar-refractivity contribution in [1.82, 2.24) is 10.4 Å². The Labute approximate surface area is 106 Å². The molecular weight excluding hydrogens is 233 g/mol. The van der Waals surface area contributed by atoms with Crippen molar-refractivity contribution in [2.45, 2.75) is 19.9 Å². The summed E-state index contributed by atoms with van der Waals surface area (Å²) < 4.78 is 13.1. The first-order valence-electron chi connectivity index (χ1n) is 6.08. The van der Waals surface area contributed by atoms with Crippen molar-refractivity contribution in [3.8, 4) is 0 Å². The summed E-state index contributed by atoms with van der Waals surface area (Å²) in [6.07, 6.45) is 0. The summed E-state index contributed by atoms with van der Waals surface area (Å²) in [5, 5.41) is 6.49. The molecule has 0 spiro atoms. The summed E-state index contributed by atoms with van der Waals surface area (Å²) in [6, 6.07) is 5.35. The molecule has 4 nitrogen and oxygen atoms in total. The first kappa shape index (κ1) is 13.0. The zero-order chi connectivity index (χ0) is 13.1. The van der Waals surface area contributed by atoms with Crippen molar-refractivity contribution in [2.75, 3.05) is 25.0 Å². The number of nitrogens with zero attached hydrogens (tertiary/aromatic N) is 1.